The first-order valence-corrected chi connectivity index (χ1v) is 6.08. The summed E-state index contributed by atoms with van der Waals surface area (Å²) in [6.07, 6.45) is 0. The average molecular weight is 236 g/mol. The Kier molecular flexibility index (Phi) is 3.34. The summed E-state index contributed by atoms with van der Waals surface area (Å²) >= 11 is 6.04. The minimum Gasteiger partial charge on any atom is -0.489 e. The first-order valence-electron chi connectivity index (χ1n) is 4.69. The highest BCUT2D eigenvalue weighted by Crippen LogP contribution is 2.21. The van der Waals surface area contributed by atoms with E-state index in [1.54, 1.807) is 11.3 Å². The molecule has 2 aromatic rings. The Morgan fingerprint density at radius 1 is 1.33 bits per heavy atom. The number of ether oxygens (including phenoxy) is 1. The second-order valence-corrected chi connectivity index (χ2v) is 4.63. The lowest BCUT2D eigenvalue weighted by Gasteiger charge is -2.06. The van der Waals surface area contributed by atoms with E-state index in [1.807, 2.05) is 25.1 Å². The zero-order chi connectivity index (χ0) is 10.7. The molecule has 2 rings (SSSR count). The van der Waals surface area contributed by atoms with Crippen molar-refractivity contribution in [1.29, 1.82) is 0 Å². The molecule has 78 valence electrons. The molecule has 0 amide bonds. The number of benzene rings is 1. The Morgan fingerprint density at radius 2 is 2.20 bits per heavy atom. The van der Waals surface area contributed by atoms with Crippen LogP contribution in [0.5, 0.6) is 5.75 Å². The topological polar surface area (TPSA) is 9.23 Å². The predicted octanol–water partition coefficient (Wildman–Crippen LogP) is 3.92. The van der Waals surface area contributed by atoms with Crippen molar-refractivity contribution in [2.75, 3.05) is 0 Å². The van der Waals surface area contributed by atoms with E-state index in [1.165, 1.54) is 11.1 Å². The molecule has 0 aliphatic carbocycles. The van der Waals surface area contributed by atoms with Gasteiger partial charge in [0.2, 0.25) is 0 Å². The molecule has 0 radical (unpaired) electrons. The van der Waals surface area contributed by atoms with E-state index in [-0.39, 0.29) is 0 Å². The van der Waals surface area contributed by atoms with Gasteiger partial charge in [0.25, 0.3) is 0 Å². The molecule has 0 saturated heterocycles. The highest BCUT2D eigenvalue weighted by Gasteiger charge is 1.98. The van der Waals surface area contributed by atoms with Gasteiger partial charge in [0.05, 0.1) is 0 Å². The molecule has 0 atom stereocenters. The van der Waals surface area contributed by atoms with E-state index in [2.05, 4.69) is 29.5 Å². The summed E-state index contributed by atoms with van der Waals surface area (Å²) in [5, 5.41) is 4.15. The summed E-state index contributed by atoms with van der Waals surface area (Å²) in [7, 11) is 0. The molecular formula is C12H12OS2. The molecule has 0 spiro atoms. The number of thiol groups is 1. The fourth-order valence-electron chi connectivity index (χ4n) is 1.22. The zero-order valence-electron chi connectivity index (χ0n) is 8.43. The molecule has 0 N–H and O–H groups in total. The average Bonchev–Trinajstić information content (AvgIpc) is 2.73. The van der Waals surface area contributed by atoms with Crippen LogP contribution in [-0.2, 0) is 6.61 Å². The maximum atomic E-state index is 5.64. The third-order valence-corrected chi connectivity index (χ3v) is 3.38. The molecule has 0 aliphatic heterocycles. The van der Waals surface area contributed by atoms with E-state index in [4.69, 9.17) is 4.74 Å². The molecule has 0 unspecified atom stereocenters. The Bertz CT molecular complexity index is 435. The van der Waals surface area contributed by atoms with Crippen molar-refractivity contribution in [1.82, 2.24) is 0 Å². The normalized spacial score (nSPS) is 10.3. The van der Waals surface area contributed by atoms with Crippen LogP contribution in [0.25, 0.3) is 0 Å². The van der Waals surface area contributed by atoms with E-state index < -0.39 is 0 Å². The molecule has 0 aliphatic rings. The number of hydrogen-bond acceptors (Lipinski definition) is 3. The summed E-state index contributed by atoms with van der Waals surface area (Å²) in [4.78, 5) is 0.970. The van der Waals surface area contributed by atoms with Gasteiger partial charge in [0, 0.05) is 4.90 Å². The summed E-state index contributed by atoms with van der Waals surface area (Å²) in [6.45, 7) is 2.66. The summed E-state index contributed by atoms with van der Waals surface area (Å²) in [5.74, 6) is 0.872. The molecular weight excluding hydrogens is 224 g/mol. The molecule has 0 bridgehead atoms. The van der Waals surface area contributed by atoms with Crippen LogP contribution in [-0.4, -0.2) is 0 Å². The third-order valence-electron chi connectivity index (χ3n) is 2.17. The van der Waals surface area contributed by atoms with Crippen molar-refractivity contribution in [2.24, 2.45) is 0 Å². The van der Waals surface area contributed by atoms with Crippen LogP contribution >= 0.6 is 24.0 Å². The highest BCUT2D eigenvalue weighted by atomic mass is 32.1. The van der Waals surface area contributed by atoms with Gasteiger partial charge in [0.15, 0.2) is 0 Å². The third kappa shape index (κ3) is 2.76. The van der Waals surface area contributed by atoms with Crippen molar-refractivity contribution in [3.8, 4) is 5.75 Å². The van der Waals surface area contributed by atoms with Gasteiger partial charge < -0.3 is 4.74 Å². The van der Waals surface area contributed by atoms with Gasteiger partial charge in [-0.1, -0.05) is 6.07 Å². The first kappa shape index (κ1) is 10.6. The van der Waals surface area contributed by atoms with Gasteiger partial charge in [-0.2, -0.15) is 11.3 Å². The standard InChI is InChI=1S/C12H12OS2/c1-9-2-3-11(6-12(9)14)13-7-10-4-5-15-8-10/h2-6,8,14H,7H2,1H3. The molecule has 15 heavy (non-hydrogen) atoms. The lowest BCUT2D eigenvalue weighted by Crippen LogP contribution is -1.93. The van der Waals surface area contributed by atoms with Crippen molar-refractivity contribution in [2.45, 2.75) is 18.4 Å². The van der Waals surface area contributed by atoms with Crippen LogP contribution in [0.2, 0.25) is 0 Å². The van der Waals surface area contributed by atoms with Crippen molar-refractivity contribution in [3.63, 3.8) is 0 Å². The summed E-state index contributed by atoms with van der Waals surface area (Å²) in [5.41, 5.74) is 2.38. The molecule has 1 aromatic heterocycles. The number of hydrogen-bond donors (Lipinski definition) is 1. The zero-order valence-corrected chi connectivity index (χ0v) is 10.1. The monoisotopic (exact) mass is 236 g/mol. The van der Waals surface area contributed by atoms with Crippen LogP contribution in [0, 0.1) is 6.92 Å². The minimum absolute atomic E-state index is 0.625. The fraction of sp³-hybridized carbons (Fsp3) is 0.167. The van der Waals surface area contributed by atoms with Gasteiger partial charge >= 0.3 is 0 Å². The van der Waals surface area contributed by atoms with E-state index in [9.17, 15) is 0 Å². The Labute approximate surface area is 99.1 Å². The number of rotatable bonds is 3. The van der Waals surface area contributed by atoms with Crippen LogP contribution in [0.3, 0.4) is 0 Å². The van der Waals surface area contributed by atoms with Gasteiger partial charge in [-0.25, -0.2) is 0 Å². The maximum Gasteiger partial charge on any atom is 0.120 e. The SMILES string of the molecule is Cc1ccc(OCc2ccsc2)cc1S. The van der Waals surface area contributed by atoms with Crippen molar-refractivity contribution < 1.29 is 4.74 Å². The Balaban J connectivity index is 2.02. The highest BCUT2D eigenvalue weighted by molar-refractivity contribution is 7.80. The van der Waals surface area contributed by atoms with Crippen LogP contribution < -0.4 is 4.74 Å². The second kappa shape index (κ2) is 4.73. The molecule has 1 aromatic carbocycles. The molecule has 0 saturated carbocycles. The van der Waals surface area contributed by atoms with Gasteiger partial charge in [-0.3, -0.25) is 0 Å². The summed E-state index contributed by atoms with van der Waals surface area (Å²) < 4.78 is 5.64. The molecule has 3 heteroatoms. The van der Waals surface area contributed by atoms with Crippen LogP contribution in [0.4, 0.5) is 0 Å². The number of thiophene rings is 1. The molecule has 1 heterocycles. The molecule has 1 nitrogen and oxygen atoms in total. The van der Waals surface area contributed by atoms with Gasteiger partial charge in [-0.05, 0) is 47.0 Å². The van der Waals surface area contributed by atoms with E-state index in [0.29, 0.717) is 6.61 Å². The van der Waals surface area contributed by atoms with Gasteiger partial charge in [-0.15, -0.1) is 12.6 Å². The Hall–Kier alpha value is -0.930. The maximum absolute atomic E-state index is 5.64. The first-order chi connectivity index (χ1) is 7.25. The van der Waals surface area contributed by atoms with Crippen molar-refractivity contribution >= 4 is 24.0 Å². The lowest BCUT2D eigenvalue weighted by molar-refractivity contribution is 0.306. The quantitative estimate of drug-likeness (QED) is 0.795. The van der Waals surface area contributed by atoms with Crippen LogP contribution in [0.1, 0.15) is 11.1 Å². The fourth-order valence-corrected chi connectivity index (χ4v) is 2.08. The molecule has 0 fully saturated rings. The van der Waals surface area contributed by atoms with Crippen LogP contribution in [0.15, 0.2) is 39.9 Å². The second-order valence-electron chi connectivity index (χ2n) is 3.37. The van der Waals surface area contributed by atoms with Gasteiger partial charge in [0.1, 0.15) is 12.4 Å². The lowest BCUT2D eigenvalue weighted by atomic mass is 10.2. The predicted molar refractivity (Wildman–Crippen MR) is 67.1 cm³/mol. The van der Waals surface area contributed by atoms with E-state index in [0.717, 1.165) is 10.6 Å². The Morgan fingerprint density at radius 3 is 2.87 bits per heavy atom. The minimum atomic E-state index is 0.625. The summed E-state index contributed by atoms with van der Waals surface area (Å²) in [6, 6.07) is 8.01. The number of aryl methyl sites for hydroxylation is 1. The van der Waals surface area contributed by atoms with E-state index >= 15 is 0 Å². The smallest absolute Gasteiger partial charge is 0.120 e. The van der Waals surface area contributed by atoms with Crippen molar-refractivity contribution in [3.05, 3.63) is 46.2 Å². The largest absolute Gasteiger partial charge is 0.489 e.